The molecule has 0 aliphatic rings. The standard InChI is InChI=1S/C12H17ClO2/c1-4-12(3,14)8-15-11-6-5-9(2)7-10(11)13/h5-7,14H,4,8H2,1-3H3. The molecule has 1 unspecified atom stereocenters. The van der Waals surface area contributed by atoms with Crippen molar-refractivity contribution in [2.45, 2.75) is 32.8 Å². The summed E-state index contributed by atoms with van der Waals surface area (Å²) in [5.74, 6) is 0.621. The number of aryl methyl sites for hydroxylation is 1. The third kappa shape index (κ3) is 3.73. The van der Waals surface area contributed by atoms with Gasteiger partial charge >= 0.3 is 0 Å². The summed E-state index contributed by atoms with van der Waals surface area (Å²) in [7, 11) is 0. The van der Waals surface area contributed by atoms with Gasteiger partial charge in [-0.2, -0.15) is 0 Å². The van der Waals surface area contributed by atoms with Crippen LogP contribution in [-0.4, -0.2) is 17.3 Å². The molecule has 84 valence electrons. The number of halogens is 1. The van der Waals surface area contributed by atoms with E-state index >= 15 is 0 Å². The van der Waals surface area contributed by atoms with Crippen LogP contribution in [0.1, 0.15) is 25.8 Å². The van der Waals surface area contributed by atoms with Gasteiger partial charge in [-0.05, 0) is 38.0 Å². The van der Waals surface area contributed by atoms with E-state index in [9.17, 15) is 5.11 Å². The van der Waals surface area contributed by atoms with Gasteiger partial charge in [0, 0.05) is 0 Å². The zero-order valence-corrected chi connectivity index (χ0v) is 10.1. The van der Waals surface area contributed by atoms with Crippen molar-refractivity contribution in [1.29, 1.82) is 0 Å². The Kier molecular flexibility index (Phi) is 4.00. The molecule has 3 heteroatoms. The lowest BCUT2D eigenvalue weighted by atomic mass is 10.1. The van der Waals surface area contributed by atoms with Crippen molar-refractivity contribution in [3.63, 3.8) is 0 Å². The number of aliphatic hydroxyl groups is 1. The Bertz CT molecular complexity index is 334. The van der Waals surface area contributed by atoms with Crippen LogP contribution in [0.3, 0.4) is 0 Å². The van der Waals surface area contributed by atoms with Crippen molar-refractivity contribution in [2.24, 2.45) is 0 Å². The molecule has 15 heavy (non-hydrogen) atoms. The molecule has 0 aliphatic heterocycles. The van der Waals surface area contributed by atoms with Crippen LogP contribution in [0, 0.1) is 6.92 Å². The minimum atomic E-state index is -0.797. The molecule has 1 aromatic carbocycles. The van der Waals surface area contributed by atoms with E-state index in [2.05, 4.69) is 0 Å². The average molecular weight is 229 g/mol. The minimum Gasteiger partial charge on any atom is -0.489 e. The van der Waals surface area contributed by atoms with Gasteiger partial charge in [0.1, 0.15) is 12.4 Å². The highest BCUT2D eigenvalue weighted by atomic mass is 35.5. The first kappa shape index (κ1) is 12.3. The van der Waals surface area contributed by atoms with Crippen molar-refractivity contribution in [3.8, 4) is 5.75 Å². The summed E-state index contributed by atoms with van der Waals surface area (Å²) in [6.45, 7) is 5.89. The van der Waals surface area contributed by atoms with Crippen LogP contribution in [0.5, 0.6) is 5.75 Å². The molecule has 0 spiro atoms. The first-order valence-electron chi connectivity index (χ1n) is 5.06. The van der Waals surface area contributed by atoms with Crippen molar-refractivity contribution < 1.29 is 9.84 Å². The Balaban J connectivity index is 2.66. The molecule has 1 N–H and O–H groups in total. The monoisotopic (exact) mass is 228 g/mol. The van der Waals surface area contributed by atoms with Crippen molar-refractivity contribution in [2.75, 3.05) is 6.61 Å². The normalized spacial score (nSPS) is 14.7. The highest BCUT2D eigenvalue weighted by Crippen LogP contribution is 2.26. The molecule has 0 fully saturated rings. The van der Waals surface area contributed by atoms with E-state index in [-0.39, 0.29) is 6.61 Å². The van der Waals surface area contributed by atoms with Crippen LogP contribution in [0.15, 0.2) is 18.2 Å². The molecule has 0 bridgehead atoms. The van der Waals surface area contributed by atoms with Crippen molar-refractivity contribution in [1.82, 2.24) is 0 Å². The van der Waals surface area contributed by atoms with Gasteiger partial charge in [0.2, 0.25) is 0 Å². The molecule has 0 amide bonds. The highest BCUT2D eigenvalue weighted by Gasteiger charge is 2.18. The SMILES string of the molecule is CCC(C)(O)COc1ccc(C)cc1Cl. The van der Waals surface area contributed by atoms with Crippen molar-refractivity contribution in [3.05, 3.63) is 28.8 Å². The molecular weight excluding hydrogens is 212 g/mol. The smallest absolute Gasteiger partial charge is 0.138 e. The Morgan fingerprint density at radius 2 is 2.13 bits per heavy atom. The summed E-state index contributed by atoms with van der Waals surface area (Å²) in [6.07, 6.45) is 0.649. The summed E-state index contributed by atoms with van der Waals surface area (Å²) >= 11 is 5.99. The fraction of sp³-hybridized carbons (Fsp3) is 0.500. The van der Waals surface area contributed by atoms with Crippen LogP contribution < -0.4 is 4.74 Å². The quantitative estimate of drug-likeness (QED) is 0.858. The second-order valence-electron chi connectivity index (χ2n) is 4.07. The topological polar surface area (TPSA) is 29.5 Å². The number of hydrogen-bond acceptors (Lipinski definition) is 2. The van der Waals surface area contributed by atoms with E-state index in [0.717, 1.165) is 5.56 Å². The lowest BCUT2D eigenvalue weighted by Gasteiger charge is -2.21. The van der Waals surface area contributed by atoms with Gasteiger partial charge in [-0.15, -0.1) is 0 Å². The molecule has 1 aromatic rings. The largest absolute Gasteiger partial charge is 0.489 e. The first-order chi connectivity index (χ1) is 6.94. The maximum absolute atomic E-state index is 9.76. The van der Waals surface area contributed by atoms with Gasteiger partial charge in [-0.1, -0.05) is 24.6 Å². The minimum absolute atomic E-state index is 0.256. The van der Waals surface area contributed by atoms with Crippen LogP contribution >= 0.6 is 11.6 Å². The zero-order chi connectivity index (χ0) is 11.5. The molecular formula is C12H17ClO2. The van der Waals surface area contributed by atoms with Gasteiger partial charge in [-0.3, -0.25) is 0 Å². The molecule has 0 radical (unpaired) electrons. The van der Waals surface area contributed by atoms with Gasteiger partial charge in [0.05, 0.1) is 10.6 Å². The van der Waals surface area contributed by atoms with E-state index < -0.39 is 5.60 Å². The Morgan fingerprint density at radius 3 is 2.67 bits per heavy atom. The van der Waals surface area contributed by atoms with Crippen LogP contribution in [0.4, 0.5) is 0 Å². The second-order valence-corrected chi connectivity index (χ2v) is 4.48. The van der Waals surface area contributed by atoms with Gasteiger partial charge in [0.15, 0.2) is 0 Å². The van der Waals surface area contributed by atoms with E-state index in [1.54, 1.807) is 6.92 Å². The Hall–Kier alpha value is -0.730. The third-order valence-corrected chi connectivity index (χ3v) is 2.68. The summed E-state index contributed by atoms with van der Waals surface area (Å²) in [4.78, 5) is 0. The first-order valence-corrected chi connectivity index (χ1v) is 5.44. The predicted molar refractivity (Wildman–Crippen MR) is 62.6 cm³/mol. The van der Waals surface area contributed by atoms with Crippen LogP contribution in [-0.2, 0) is 0 Å². The maximum Gasteiger partial charge on any atom is 0.138 e. The average Bonchev–Trinajstić information content (AvgIpc) is 2.16. The summed E-state index contributed by atoms with van der Waals surface area (Å²) in [5, 5.41) is 10.3. The van der Waals surface area contributed by atoms with Crippen LogP contribution in [0.2, 0.25) is 5.02 Å². The predicted octanol–water partition coefficient (Wildman–Crippen LogP) is 3.19. The van der Waals surface area contributed by atoms with E-state index in [1.807, 2.05) is 32.0 Å². The summed E-state index contributed by atoms with van der Waals surface area (Å²) in [5.41, 5.74) is 0.295. The molecule has 1 atom stereocenters. The molecule has 0 saturated heterocycles. The van der Waals surface area contributed by atoms with Gasteiger partial charge in [0.25, 0.3) is 0 Å². The lowest BCUT2D eigenvalue weighted by molar-refractivity contribution is 0.00850. The summed E-state index contributed by atoms with van der Waals surface area (Å²) < 4.78 is 5.47. The van der Waals surface area contributed by atoms with Crippen molar-refractivity contribution >= 4 is 11.6 Å². The highest BCUT2D eigenvalue weighted by molar-refractivity contribution is 6.32. The summed E-state index contributed by atoms with van der Waals surface area (Å²) in [6, 6.07) is 5.60. The number of benzene rings is 1. The Labute approximate surface area is 95.8 Å². The third-order valence-electron chi connectivity index (χ3n) is 2.39. The lowest BCUT2D eigenvalue weighted by Crippen LogP contribution is -2.31. The second kappa shape index (κ2) is 4.86. The zero-order valence-electron chi connectivity index (χ0n) is 9.38. The van der Waals surface area contributed by atoms with E-state index in [4.69, 9.17) is 16.3 Å². The molecule has 0 aliphatic carbocycles. The molecule has 2 nitrogen and oxygen atoms in total. The molecule has 0 saturated carbocycles. The maximum atomic E-state index is 9.76. The fourth-order valence-electron chi connectivity index (χ4n) is 1.06. The van der Waals surface area contributed by atoms with E-state index in [0.29, 0.717) is 17.2 Å². The van der Waals surface area contributed by atoms with Gasteiger partial charge in [-0.25, -0.2) is 0 Å². The number of hydrogen-bond donors (Lipinski definition) is 1. The van der Waals surface area contributed by atoms with Crippen LogP contribution in [0.25, 0.3) is 0 Å². The molecule has 1 rings (SSSR count). The van der Waals surface area contributed by atoms with Gasteiger partial charge < -0.3 is 9.84 Å². The van der Waals surface area contributed by atoms with E-state index in [1.165, 1.54) is 0 Å². The number of rotatable bonds is 4. The molecule has 0 aromatic heterocycles. The molecule has 0 heterocycles. The fourth-order valence-corrected chi connectivity index (χ4v) is 1.35. The Morgan fingerprint density at radius 1 is 1.47 bits per heavy atom. The number of ether oxygens (including phenoxy) is 1.